The van der Waals surface area contributed by atoms with E-state index in [0.29, 0.717) is 30.4 Å². The first-order valence-electron chi connectivity index (χ1n) is 6.29. The Morgan fingerprint density at radius 2 is 2.21 bits per heavy atom. The highest BCUT2D eigenvalue weighted by atomic mass is 16.2. The minimum atomic E-state index is -0.296. The molecule has 0 aromatic carbocycles. The number of nitrogens with zero attached hydrogens (tertiary/aromatic N) is 2. The maximum absolute atomic E-state index is 11.7. The van der Waals surface area contributed by atoms with Crippen LogP contribution in [0.25, 0.3) is 0 Å². The van der Waals surface area contributed by atoms with E-state index in [1.165, 1.54) is 6.33 Å². The monoisotopic (exact) mass is 264 g/mol. The van der Waals surface area contributed by atoms with Crippen LogP contribution >= 0.6 is 0 Å². The number of amides is 1. The standard InChI is InChI=1S/C12H20N6O/c1-7-11(19)18-8-9(14-5-12(2,3)4-13)15-6-16-10(8)17-7/h6-7H,4-5,13H2,1-3H3,(H,18,19)(H2,14,15,16,17). The topological polar surface area (TPSA) is 105 Å². The molecule has 7 nitrogen and oxygen atoms in total. The van der Waals surface area contributed by atoms with Crippen LogP contribution in [0.1, 0.15) is 20.8 Å². The van der Waals surface area contributed by atoms with Crippen molar-refractivity contribution in [1.29, 1.82) is 0 Å². The second kappa shape index (κ2) is 5.00. The summed E-state index contributed by atoms with van der Waals surface area (Å²) in [7, 11) is 0. The van der Waals surface area contributed by atoms with Gasteiger partial charge < -0.3 is 21.7 Å². The second-order valence-electron chi connectivity index (χ2n) is 5.52. The molecule has 2 rings (SSSR count). The van der Waals surface area contributed by atoms with Gasteiger partial charge in [0.15, 0.2) is 11.6 Å². The van der Waals surface area contributed by atoms with Crippen molar-refractivity contribution in [2.24, 2.45) is 11.1 Å². The number of nitrogens with one attached hydrogen (secondary N) is 3. The van der Waals surface area contributed by atoms with Crippen molar-refractivity contribution in [3.63, 3.8) is 0 Å². The van der Waals surface area contributed by atoms with Crippen molar-refractivity contribution in [3.05, 3.63) is 6.33 Å². The van der Waals surface area contributed by atoms with Crippen molar-refractivity contribution < 1.29 is 4.79 Å². The fourth-order valence-corrected chi connectivity index (χ4v) is 1.64. The lowest BCUT2D eigenvalue weighted by atomic mass is 9.94. The summed E-state index contributed by atoms with van der Waals surface area (Å²) in [6.45, 7) is 7.14. The molecule has 19 heavy (non-hydrogen) atoms. The van der Waals surface area contributed by atoms with Crippen LogP contribution in [0.5, 0.6) is 0 Å². The zero-order chi connectivity index (χ0) is 14.0. The van der Waals surface area contributed by atoms with Crippen LogP contribution in [0.3, 0.4) is 0 Å². The Kier molecular flexibility index (Phi) is 3.57. The Morgan fingerprint density at radius 3 is 2.89 bits per heavy atom. The van der Waals surface area contributed by atoms with Gasteiger partial charge in [0.05, 0.1) is 0 Å². The van der Waals surface area contributed by atoms with Gasteiger partial charge in [-0.3, -0.25) is 4.79 Å². The van der Waals surface area contributed by atoms with E-state index in [9.17, 15) is 4.79 Å². The van der Waals surface area contributed by atoms with Gasteiger partial charge in [-0.2, -0.15) is 0 Å². The SMILES string of the molecule is CC1Nc2ncnc(NCC(C)(C)CN)c2NC1=O. The Hall–Kier alpha value is -1.89. The molecule has 1 unspecified atom stereocenters. The third-order valence-electron chi connectivity index (χ3n) is 3.13. The van der Waals surface area contributed by atoms with Crippen molar-refractivity contribution in [3.8, 4) is 0 Å². The predicted molar refractivity (Wildman–Crippen MR) is 75.1 cm³/mol. The molecule has 0 saturated heterocycles. The van der Waals surface area contributed by atoms with Gasteiger partial charge in [-0.05, 0) is 18.9 Å². The summed E-state index contributed by atoms with van der Waals surface area (Å²) < 4.78 is 0. The molecule has 0 spiro atoms. The Morgan fingerprint density at radius 1 is 1.47 bits per heavy atom. The largest absolute Gasteiger partial charge is 0.368 e. The smallest absolute Gasteiger partial charge is 0.246 e. The molecular formula is C12H20N6O. The molecule has 7 heteroatoms. The van der Waals surface area contributed by atoms with Gasteiger partial charge in [-0.25, -0.2) is 9.97 Å². The molecule has 1 aromatic rings. The highest BCUT2D eigenvalue weighted by Gasteiger charge is 2.26. The van der Waals surface area contributed by atoms with Gasteiger partial charge in [0.25, 0.3) is 0 Å². The van der Waals surface area contributed by atoms with Crippen LogP contribution in [-0.2, 0) is 4.79 Å². The number of fused-ring (bicyclic) bond motifs is 1. The quantitative estimate of drug-likeness (QED) is 0.635. The van der Waals surface area contributed by atoms with Gasteiger partial charge in [0.2, 0.25) is 5.91 Å². The van der Waals surface area contributed by atoms with Crippen LogP contribution in [0, 0.1) is 5.41 Å². The number of anilines is 3. The molecule has 0 aliphatic carbocycles. The molecule has 5 N–H and O–H groups in total. The summed E-state index contributed by atoms with van der Waals surface area (Å²) in [5.74, 6) is 1.15. The van der Waals surface area contributed by atoms with E-state index in [2.05, 4.69) is 39.8 Å². The van der Waals surface area contributed by atoms with E-state index in [1.807, 2.05) is 0 Å². The maximum atomic E-state index is 11.7. The first-order valence-corrected chi connectivity index (χ1v) is 6.29. The highest BCUT2D eigenvalue weighted by molar-refractivity contribution is 6.04. The zero-order valence-corrected chi connectivity index (χ0v) is 11.4. The lowest BCUT2D eigenvalue weighted by Gasteiger charge is -2.27. The number of nitrogens with two attached hydrogens (primary N) is 1. The van der Waals surface area contributed by atoms with Crippen LogP contribution in [0.4, 0.5) is 17.3 Å². The minimum absolute atomic E-state index is 0.0444. The Bertz CT molecular complexity index is 487. The van der Waals surface area contributed by atoms with E-state index in [0.717, 1.165) is 0 Å². The molecule has 0 fully saturated rings. The van der Waals surface area contributed by atoms with Crippen LogP contribution in [0.2, 0.25) is 0 Å². The molecule has 1 amide bonds. The van der Waals surface area contributed by atoms with Gasteiger partial charge >= 0.3 is 0 Å². The van der Waals surface area contributed by atoms with Crippen molar-refractivity contribution in [2.45, 2.75) is 26.8 Å². The first-order chi connectivity index (χ1) is 8.93. The molecule has 1 aliphatic rings. The Labute approximate surface area is 112 Å². The summed E-state index contributed by atoms with van der Waals surface area (Å²) in [4.78, 5) is 20.0. The number of hydrogen-bond acceptors (Lipinski definition) is 6. The lowest BCUT2D eigenvalue weighted by molar-refractivity contribution is -0.116. The van der Waals surface area contributed by atoms with Crippen molar-refractivity contribution >= 4 is 23.2 Å². The van der Waals surface area contributed by atoms with E-state index in [1.54, 1.807) is 6.92 Å². The molecule has 0 bridgehead atoms. The minimum Gasteiger partial charge on any atom is -0.368 e. The number of aromatic nitrogens is 2. The number of carbonyl (C=O) groups excluding carboxylic acids is 1. The first kappa shape index (κ1) is 13.5. The van der Waals surface area contributed by atoms with Gasteiger partial charge in [0.1, 0.15) is 18.1 Å². The average Bonchev–Trinajstić information content (AvgIpc) is 2.38. The second-order valence-corrected chi connectivity index (χ2v) is 5.52. The summed E-state index contributed by atoms with van der Waals surface area (Å²) in [5.41, 5.74) is 6.25. The fourth-order valence-electron chi connectivity index (χ4n) is 1.64. The molecule has 104 valence electrons. The summed E-state index contributed by atoms with van der Waals surface area (Å²) in [6, 6.07) is -0.296. The summed E-state index contributed by atoms with van der Waals surface area (Å²) >= 11 is 0. The lowest BCUT2D eigenvalue weighted by Crippen LogP contribution is -2.38. The molecule has 0 radical (unpaired) electrons. The molecule has 0 saturated carbocycles. The third kappa shape index (κ3) is 2.93. The molecule has 1 atom stereocenters. The van der Waals surface area contributed by atoms with Crippen LogP contribution in [0.15, 0.2) is 6.33 Å². The van der Waals surface area contributed by atoms with Crippen molar-refractivity contribution in [2.75, 3.05) is 29.0 Å². The summed E-state index contributed by atoms with van der Waals surface area (Å²) in [5, 5.41) is 9.06. The normalized spacial score (nSPS) is 18.3. The van der Waals surface area contributed by atoms with Gasteiger partial charge in [-0.15, -0.1) is 0 Å². The fraction of sp³-hybridized carbons (Fsp3) is 0.583. The van der Waals surface area contributed by atoms with Crippen LogP contribution in [-0.4, -0.2) is 35.0 Å². The van der Waals surface area contributed by atoms with E-state index >= 15 is 0 Å². The van der Waals surface area contributed by atoms with Crippen molar-refractivity contribution in [1.82, 2.24) is 9.97 Å². The van der Waals surface area contributed by atoms with Gasteiger partial charge in [-0.1, -0.05) is 13.8 Å². The predicted octanol–water partition coefficient (Wildman–Crippen LogP) is 0.626. The molecule has 2 heterocycles. The van der Waals surface area contributed by atoms with E-state index in [-0.39, 0.29) is 17.4 Å². The van der Waals surface area contributed by atoms with Crippen LogP contribution < -0.4 is 21.7 Å². The molecule has 1 aliphatic heterocycles. The number of carbonyl (C=O) groups is 1. The molecular weight excluding hydrogens is 244 g/mol. The maximum Gasteiger partial charge on any atom is 0.246 e. The zero-order valence-electron chi connectivity index (χ0n) is 11.4. The van der Waals surface area contributed by atoms with E-state index < -0.39 is 0 Å². The summed E-state index contributed by atoms with van der Waals surface area (Å²) in [6.07, 6.45) is 1.47. The highest BCUT2D eigenvalue weighted by Crippen LogP contribution is 2.30. The van der Waals surface area contributed by atoms with Gasteiger partial charge in [0, 0.05) is 6.54 Å². The third-order valence-corrected chi connectivity index (χ3v) is 3.13. The number of rotatable bonds is 4. The Balaban J connectivity index is 2.19. The average molecular weight is 264 g/mol. The number of hydrogen-bond donors (Lipinski definition) is 4. The molecule has 1 aromatic heterocycles. The van der Waals surface area contributed by atoms with E-state index in [4.69, 9.17) is 5.73 Å².